The number of thiazole rings is 1. The number of hydrogen-bond acceptors (Lipinski definition) is 5. The highest BCUT2D eigenvalue weighted by atomic mass is 32.1. The molecule has 0 bridgehead atoms. The molecule has 1 aromatic heterocycles. The van der Waals surface area contributed by atoms with Crippen molar-refractivity contribution in [1.82, 2.24) is 9.88 Å². The second kappa shape index (κ2) is 6.33. The third-order valence-electron chi connectivity index (χ3n) is 3.89. The van der Waals surface area contributed by atoms with E-state index in [2.05, 4.69) is 10.3 Å². The number of piperidine rings is 1. The smallest absolute Gasteiger partial charge is 0.315 e. The van der Waals surface area contributed by atoms with E-state index in [9.17, 15) is 14.4 Å². The van der Waals surface area contributed by atoms with Crippen molar-refractivity contribution >= 4 is 44.4 Å². The first-order valence-corrected chi connectivity index (χ1v) is 8.11. The molecule has 0 unspecified atom stereocenters. The maximum Gasteiger partial charge on any atom is 0.315 e. The largest absolute Gasteiger partial charge is 0.369 e. The third kappa shape index (κ3) is 3.31. The Labute approximate surface area is 136 Å². The molecule has 3 rings (SSSR count). The Morgan fingerprint density at radius 1 is 1.22 bits per heavy atom. The van der Waals surface area contributed by atoms with Crippen LogP contribution in [-0.2, 0) is 14.4 Å². The Morgan fingerprint density at radius 2 is 1.91 bits per heavy atom. The van der Waals surface area contributed by atoms with Crippen molar-refractivity contribution in [3.8, 4) is 0 Å². The summed E-state index contributed by atoms with van der Waals surface area (Å²) in [5.41, 5.74) is 6.04. The molecule has 0 radical (unpaired) electrons. The van der Waals surface area contributed by atoms with Crippen LogP contribution in [0, 0.1) is 5.92 Å². The van der Waals surface area contributed by atoms with Crippen LogP contribution in [0.25, 0.3) is 10.2 Å². The molecule has 1 aliphatic heterocycles. The monoisotopic (exact) mass is 332 g/mol. The molecule has 23 heavy (non-hydrogen) atoms. The van der Waals surface area contributed by atoms with Gasteiger partial charge in [0, 0.05) is 19.0 Å². The maximum atomic E-state index is 12.2. The summed E-state index contributed by atoms with van der Waals surface area (Å²) in [5, 5.41) is 2.95. The average molecular weight is 332 g/mol. The number of hydrogen-bond donors (Lipinski definition) is 2. The molecule has 2 heterocycles. The molecule has 120 valence electrons. The number of carbonyl (C=O) groups excluding carboxylic acids is 3. The van der Waals surface area contributed by atoms with E-state index in [1.807, 2.05) is 24.3 Å². The zero-order valence-electron chi connectivity index (χ0n) is 12.3. The van der Waals surface area contributed by atoms with Gasteiger partial charge in [-0.2, -0.15) is 0 Å². The summed E-state index contributed by atoms with van der Waals surface area (Å²) in [4.78, 5) is 41.1. The minimum atomic E-state index is -0.707. The summed E-state index contributed by atoms with van der Waals surface area (Å²) in [6.07, 6.45) is 0.991. The van der Waals surface area contributed by atoms with E-state index in [1.54, 1.807) is 0 Å². The van der Waals surface area contributed by atoms with Gasteiger partial charge < -0.3 is 10.6 Å². The molecule has 0 atom stereocenters. The SMILES string of the molecule is NC(=O)C1CCN(C(=O)C(=O)Nc2nc3ccccc3s2)CC1. The number of fused-ring (bicyclic) bond motifs is 1. The van der Waals surface area contributed by atoms with Crippen LogP contribution in [-0.4, -0.2) is 40.7 Å². The zero-order valence-corrected chi connectivity index (χ0v) is 13.1. The Kier molecular flexibility index (Phi) is 4.24. The lowest BCUT2D eigenvalue weighted by atomic mass is 9.96. The fourth-order valence-corrected chi connectivity index (χ4v) is 3.45. The summed E-state index contributed by atoms with van der Waals surface area (Å²) < 4.78 is 0.942. The molecule has 7 nitrogen and oxygen atoms in total. The second-order valence-corrected chi connectivity index (χ2v) is 6.44. The van der Waals surface area contributed by atoms with E-state index >= 15 is 0 Å². The number of carbonyl (C=O) groups is 3. The van der Waals surface area contributed by atoms with Gasteiger partial charge in [-0.1, -0.05) is 23.5 Å². The van der Waals surface area contributed by atoms with Crippen LogP contribution in [0.4, 0.5) is 5.13 Å². The fraction of sp³-hybridized carbons (Fsp3) is 0.333. The van der Waals surface area contributed by atoms with Gasteiger partial charge in [0.15, 0.2) is 5.13 Å². The normalized spacial score (nSPS) is 15.6. The number of para-hydroxylation sites is 1. The number of nitrogens with zero attached hydrogens (tertiary/aromatic N) is 2. The van der Waals surface area contributed by atoms with Crippen LogP contribution in [0.5, 0.6) is 0 Å². The van der Waals surface area contributed by atoms with Crippen LogP contribution in [0.3, 0.4) is 0 Å². The highest BCUT2D eigenvalue weighted by Gasteiger charge is 2.29. The van der Waals surface area contributed by atoms with Gasteiger partial charge in [0.1, 0.15) is 0 Å². The molecular formula is C15H16N4O3S. The Bertz CT molecular complexity index is 732. The number of anilines is 1. The summed E-state index contributed by atoms with van der Waals surface area (Å²) in [5.74, 6) is -1.88. The van der Waals surface area contributed by atoms with Crippen molar-refractivity contribution in [2.24, 2.45) is 11.7 Å². The Hall–Kier alpha value is -2.48. The van der Waals surface area contributed by atoms with E-state index in [1.165, 1.54) is 16.2 Å². The predicted octanol–water partition coefficient (Wildman–Crippen LogP) is 0.959. The van der Waals surface area contributed by atoms with Crippen LogP contribution in [0.2, 0.25) is 0 Å². The number of aromatic nitrogens is 1. The first-order valence-electron chi connectivity index (χ1n) is 7.30. The summed E-state index contributed by atoms with van der Waals surface area (Å²) in [6.45, 7) is 0.722. The lowest BCUT2D eigenvalue weighted by molar-refractivity contribution is -0.144. The molecule has 1 fully saturated rings. The topological polar surface area (TPSA) is 105 Å². The van der Waals surface area contributed by atoms with Crippen molar-refractivity contribution in [2.75, 3.05) is 18.4 Å². The average Bonchev–Trinajstić information content (AvgIpc) is 2.96. The van der Waals surface area contributed by atoms with Crippen LogP contribution < -0.4 is 11.1 Å². The minimum Gasteiger partial charge on any atom is -0.369 e. The van der Waals surface area contributed by atoms with Gasteiger partial charge in [0.25, 0.3) is 0 Å². The lowest BCUT2D eigenvalue weighted by Crippen LogP contribution is -2.46. The molecule has 1 aromatic carbocycles. The Balaban J connectivity index is 1.62. The van der Waals surface area contributed by atoms with E-state index < -0.39 is 11.8 Å². The maximum absolute atomic E-state index is 12.2. The van der Waals surface area contributed by atoms with Gasteiger partial charge in [0.2, 0.25) is 5.91 Å². The van der Waals surface area contributed by atoms with E-state index in [4.69, 9.17) is 5.73 Å². The molecule has 1 aliphatic rings. The number of primary amides is 1. The van der Waals surface area contributed by atoms with Crippen molar-refractivity contribution in [3.63, 3.8) is 0 Å². The van der Waals surface area contributed by atoms with E-state index in [0.29, 0.717) is 31.1 Å². The number of amides is 3. The van der Waals surface area contributed by atoms with Crippen molar-refractivity contribution in [2.45, 2.75) is 12.8 Å². The quantitative estimate of drug-likeness (QED) is 0.799. The van der Waals surface area contributed by atoms with Gasteiger partial charge >= 0.3 is 11.8 Å². The number of nitrogens with two attached hydrogens (primary N) is 1. The molecule has 8 heteroatoms. The van der Waals surface area contributed by atoms with Gasteiger partial charge in [0.05, 0.1) is 10.2 Å². The van der Waals surface area contributed by atoms with E-state index in [-0.39, 0.29) is 11.8 Å². The zero-order chi connectivity index (χ0) is 16.4. The molecule has 0 saturated carbocycles. The molecule has 3 amide bonds. The van der Waals surface area contributed by atoms with Gasteiger partial charge in [-0.25, -0.2) is 4.98 Å². The first kappa shape index (κ1) is 15.4. The standard InChI is InChI=1S/C15H16N4O3S/c16-12(20)9-5-7-19(8-6-9)14(22)13(21)18-15-17-10-3-1-2-4-11(10)23-15/h1-4,9H,5-8H2,(H2,16,20)(H,17,18,21). The molecule has 3 N–H and O–H groups in total. The second-order valence-electron chi connectivity index (χ2n) is 5.41. The third-order valence-corrected chi connectivity index (χ3v) is 4.84. The van der Waals surface area contributed by atoms with Gasteiger partial charge in [-0.15, -0.1) is 0 Å². The summed E-state index contributed by atoms with van der Waals surface area (Å²) >= 11 is 1.32. The molecular weight excluding hydrogens is 316 g/mol. The number of nitrogens with one attached hydrogen (secondary N) is 1. The molecule has 1 saturated heterocycles. The van der Waals surface area contributed by atoms with Crippen molar-refractivity contribution in [3.05, 3.63) is 24.3 Å². The first-order chi connectivity index (χ1) is 11.0. The van der Waals surface area contributed by atoms with Gasteiger partial charge in [-0.05, 0) is 25.0 Å². The van der Waals surface area contributed by atoms with Crippen LogP contribution >= 0.6 is 11.3 Å². The highest BCUT2D eigenvalue weighted by Crippen LogP contribution is 2.25. The predicted molar refractivity (Wildman–Crippen MR) is 86.7 cm³/mol. The number of likely N-dealkylation sites (tertiary alicyclic amines) is 1. The van der Waals surface area contributed by atoms with Gasteiger partial charge in [-0.3, -0.25) is 19.7 Å². The van der Waals surface area contributed by atoms with Crippen molar-refractivity contribution in [1.29, 1.82) is 0 Å². The molecule has 2 aromatic rings. The summed E-state index contributed by atoms with van der Waals surface area (Å²) in [7, 11) is 0. The lowest BCUT2D eigenvalue weighted by Gasteiger charge is -2.29. The number of benzene rings is 1. The minimum absolute atomic E-state index is 0.216. The Morgan fingerprint density at radius 3 is 2.57 bits per heavy atom. The molecule has 0 spiro atoms. The van der Waals surface area contributed by atoms with Crippen LogP contribution in [0.15, 0.2) is 24.3 Å². The van der Waals surface area contributed by atoms with Crippen molar-refractivity contribution < 1.29 is 14.4 Å². The fourth-order valence-electron chi connectivity index (χ4n) is 2.59. The van der Waals surface area contributed by atoms with E-state index in [0.717, 1.165) is 10.2 Å². The molecule has 0 aliphatic carbocycles. The highest BCUT2D eigenvalue weighted by molar-refractivity contribution is 7.22. The van der Waals surface area contributed by atoms with Crippen LogP contribution in [0.1, 0.15) is 12.8 Å². The number of rotatable bonds is 2. The summed E-state index contributed by atoms with van der Waals surface area (Å²) in [6, 6.07) is 7.50.